The lowest BCUT2D eigenvalue weighted by Crippen LogP contribution is -2.22. The lowest BCUT2D eigenvalue weighted by atomic mass is 10.2. The molecular weight excluding hydrogens is 349 g/mol. The monoisotopic (exact) mass is 365 g/mol. The highest BCUT2D eigenvalue weighted by Gasteiger charge is 2.08. The average molecular weight is 366 g/mol. The van der Waals surface area contributed by atoms with Crippen molar-refractivity contribution in [3.05, 3.63) is 58.1 Å². The molecule has 0 aliphatic rings. The first-order chi connectivity index (χ1) is 11.4. The molecule has 0 heterocycles. The summed E-state index contributed by atoms with van der Waals surface area (Å²) in [6.45, 7) is 0.0797. The first kappa shape index (κ1) is 18.1. The molecule has 5 nitrogen and oxygen atoms in total. The number of nitrogens with zero attached hydrogens (tertiary/aromatic N) is 1. The van der Waals surface area contributed by atoms with Gasteiger partial charge >= 0.3 is 0 Å². The summed E-state index contributed by atoms with van der Waals surface area (Å²) in [4.78, 5) is 25.2. The lowest BCUT2D eigenvalue weighted by molar-refractivity contribution is -0.114. The van der Waals surface area contributed by atoms with Crippen LogP contribution in [-0.4, -0.2) is 37.4 Å². The molecular formula is C17H17Cl2N3O2. The summed E-state index contributed by atoms with van der Waals surface area (Å²) in [5, 5.41) is 6.59. The molecule has 0 atom stereocenters. The molecule has 2 amide bonds. The van der Waals surface area contributed by atoms with Crippen molar-refractivity contribution >= 4 is 46.4 Å². The van der Waals surface area contributed by atoms with Gasteiger partial charge in [0.25, 0.3) is 5.91 Å². The Balaban J connectivity index is 1.90. The number of rotatable bonds is 5. The van der Waals surface area contributed by atoms with Crippen LogP contribution in [-0.2, 0) is 4.79 Å². The summed E-state index contributed by atoms with van der Waals surface area (Å²) in [7, 11) is 3.37. The van der Waals surface area contributed by atoms with E-state index >= 15 is 0 Å². The molecule has 0 saturated heterocycles. The molecule has 0 bridgehead atoms. The first-order valence-electron chi connectivity index (χ1n) is 7.17. The molecule has 0 unspecified atom stereocenters. The van der Waals surface area contributed by atoms with E-state index in [4.69, 9.17) is 23.2 Å². The van der Waals surface area contributed by atoms with E-state index in [0.29, 0.717) is 27.0 Å². The highest BCUT2D eigenvalue weighted by atomic mass is 35.5. The zero-order chi connectivity index (χ0) is 17.7. The minimum absolute atomic E-state index is 0.0797. The van der Waals surface area contributed by atoms with E-state index in [-0.39, 0.29) is 18.4 Å². The van der Waals surface area contributed by atoms with Crippen LogP contribution in [0.25, 0.3) is 0 Å². The second-order valence-corrected chi connectivity index (χ2v) is 6.12. The number of amides is 2. The van der Waals surface area contributed by atoms with Gasteiger partial charge in [0.15, 0.2) is 0 Å². The first-order valence-corrected chi connectivity index (χ1v) is 7.93. The fourth-order valence-electron chi connectivity index (χ4n) is 1.95. The molecule has 0 aliphatic carbocycles. The van der Waals surface area contributed by atoms with Crippen LogP contribution in [0, 0.1) is 0 Å². The lowest BCUT2D eigenvalue weighted by Gasteiger charge is -2.11. The summed E-state index contributed by atoms with van der Waals surface area (Å²) in [6.07, 6.45) is 0. The summed E-state index contributed by atoms with van der Waals surface area (Å²) in [5.74, 6) is -0.304. The number of anilines is 2. The summed E-state index contributed by atoms with van der Waals surface area (Å²) >= 11 is 11.8. The van der Waals surface area contributed by atoms with Gasteiger partial charge in [-0.2, -0.15) is 0 Å². The highest BCUT2D eigenvalue weighted by molar-refractivity contribution is 6.42. The van der Waals surface area contributed by atoms with Crippen molar-refractivity contribution in [2.24, 2.45) is 0 Å². The number of nitrogens with one attached hydrogen (secondary N) is 2. The Hall–Kier alpha value is -2.24. The number of carbonyl (C=O) groups excluding carboxylic acids is 2. The minimum atomic E-state index is -0.215. The van der Waals surface area contributed by atoms with E-state index in [2.05, 4.69) is 10.6 Å². The van der Waals surface area contributed by atoms with Crippen LogP contribution in [0.3, 0.4) is 0 Å². The number of halogens is 2. The van der Waals surface area contributed by atoms with E-state index in [0.717, 1.165) is 0 Å². The summed E-state index contributed by atoms with van der Waals surface area (Å²) in [5.41, 5.74) is 1.88. The normalized spacial score (nSPS) is 10.2. The van der Waals surface area contributed by atoms with E-state index in [1.165, 1.54) is 4.90 Å². The van der Waals surface area contributed by atoms with Gasteiger partial charge in [-0.05, 0) is 42.5 Å². The van der Waals surface area contributed by atoms with E-state index in [9.17, 15) is 9.59 Å². The molecule has 0 aliphatic heterocycles. The largest absolute Gasteiger partial charge is 0.376 e. The second-order valence-electron chi connectivity index (χ2n) is 5.31. The third-order valence-corrected chi connectivity index (χ3v) is 3.93. The van der Waals surface area contributed by atoms with Crippen molar-refractivity contribution in [2.75, 3.05) is 31.3 Å². The van der Waals surface area contributed by atoms with Crippen molar-refractivity contribution in [1.82, 2.24) is 4.90 Å². The summed E-state index contributed by atoms with van der Waals surface area (Å²) < 4.78 is 0. The molecule has 126 valence electrons. The van der Waals surface area contributed by atoms with Gasteiger partial charge in [0, 0.05) is 31.0 Å². The smallest absolute Gasteiger partial charge is 0.253 e. The molecule has 0 aromatic heterocycles. The quantitative estimate of drug-likeness (QED) is 0.847. The van der Waals surface area contributed by atoms with Gasteiger partial charge in [-0.15, -0.1) is 0 Å². The predicted octanol–water partition coefficient (Wildman–Crippen LogP) is 3.75. The van der Waals surface area contributed by atoms with Crippen molar-refractivity contribution in [2.45, 2.75) is 0 Å². The maximum Gasteiger partial charge on any atom is 0.253 e. The van der Waals surface area contributed by atoms with Crippen LogP contribution in [0.1, 0.15) is 10.4 Å². The van der Waals surface area contributed by atoms with Gasteiger partial charge in [0.05, 0.1) is 16.6 Å². The van der Waals surface area contributed by atoms with Gasteiger partial charge in [0.2, 0.25) is 5.91 Å². The van der Waals surface area contributed by atoms with Gasteiger partial charge in [0.1, 0.15) is 0 Å². The fourth-order valence-corrected chi connectivity index (χ4v) is 2.25. The Morgan fingerprint density at radius 3 is 2.17 bits per heavy atom. The standard InChI is InChI=1S/C17H17Cl2N3O2/c1-22(2)17(24)11-3-5-12(6-4-11)21-16(23)10-20-13-7-8-14(18)15(19)9-13/h3-9,20H,10H2,1-2H3,(H,21,23). The SMILES string of the molecule is CN(C)C(=O)c1ccc(NC(=O)CNc2ccc(Cl)c(Cl)c2)cc1. The molecule has 7 heteroatoms. The Bertz CT molecular complexity index is 746. The third kappa shape index (κ3) is 4.88. The molecule has 24 heavy (non-hydrogen) atoms. The molecule has 2 aromatic rings. The number of carbonyl (C=O) groups is 2. The molecule has 2 rings (SSSR count). The molecule has 0 saturated carbocycles. The molecule has 0 fully saturated rings. The van der Waals surface area contributed by atoms with Crippen molar-refractivity contribution < 1.29 is 9.59 Å². The Labute approximate surface area is 150 Å². The van der Waals surface area contributed by atoms with Crippen LogP contribution < -0.4 is 10.6 Å². The van der Waals surface area contributed by atoms with E-state index in [1.54, 1.807) is 56.6 Å². The Morgan fingerprint density at radius 1 is 0.958 bits per heavy atom. The van der Waals surface area contributed by atoms with Crippen LogP contribution >= 0.6 is 23.2 Å². The van der Waals surface area contributed by atoms with Gasteiger partial charge in [-0.3, -0.25) is 9.59 Å². The summed E-state index contributed by atoms with van der Waals surface area (Å²) in [6, 6.07) is 11.8. The Kier molecular flexibility index (Phi) is 6.06. The van der Waals surface area contributed by atoms with Gasteiger partial charge in [-0.1, -0.05) is 23.2 Å². The maximum absolute atomic E-state index is 12.0. The zero-order valence-corrected chi connectivity index (χ0v) is 14.8. The molecule has 2 aromatic carbocycles. The van der Waals surface area contributed by atoms with E-state index < -0.39 is 0 Å². The fraction of sp³-hybridized carbons (Fsp3) is 0.176. The number of benzene rings is 2. The number of hydrogen-bond donors (Lipinski definition) is 2. The third-order valence-electron chi connectivity index (χ3n) is 3.19. The topological polar surface area (TPSA) is 61.4 Å². The van der Waals surface area contributed by atoms with Crippen LogP contribution in [0.5, 0.6) is 0 Å². The van der Waals surface area contributed by atoms with Crippen LogP contribution in [0.4, 0.5) is 11.4 Å². The minimum Gasteiger partial charge on any atom is -0.376 e. The second kappa shape index (κ2) is 8.04. The van der Waals surface area contributed by atoms with Crippen molar-refractivity contribution in [3.8, 4) is 0 Å². The van der Waals surface area contributed by atoms with Gasteiger partial charge < -0.3 is 15.5 Å². The van der Waals surface area contributed by atoms with Crippen molar-refractivity contribution in [3.63, 3.8) is 0 Å². The molecule has 2 N–H and O–H groups in total. The molecule has 0 spiro atoms. The van der Waals surface area contributed by atoms with Crippen LogP contribution in [0.2, 0.25) is 10.0 Å². The average Bonchev–Trinajstić information content (AvgIpc) is 2.56. The Morgan fingerprint density at radius 2 is 1.58 bits per heavy atom. The molecule has 0 radical (unpaired) electrons. The van der Waals surface area contributed by atoms with Gasteiger partial charge in [-0.25, -0.2) is 0 Å². The van der Waals surface area contributed by atoms with Crippen LogP contribution in [0.15, 0.2) is 42.5 Å². The highest BCUT2D eigenvalue weighted by Crippen LogP contribution is 2.24. The zero-order valence-electron chi connectivity index (χ0n) is 13.3. The van der Waals surface area contributed by atoms with Crippen molar-refractivity contribution in [1.29, 1.82) is 0 Å². The van der Waals surface area contributed by atoms with E-state index in [1.807, 2.05) is 0 Å². The number of hydrogen-bond acceptors (Lipinski definition) is 3. The maximum atomic E-state index is 12.0. The predicted molar refractivity (Wildman–Crippen MR) is 98.0 cm³/mol.